The minimum Gasteiger partial charge on any atom is -0.355 e. The van der Waals surface area contributed by atoms with Crippen LogP contribution in [0.25, 0.3) is 5.57 Å². The minimum absolute atomic E-state index is 0.0353. The van der Waals surface area contributed by atoms with E-state index in [1.54, 1.807) is 0 Å². The quantitative estimate of drug-likeness (QED) is 0.791. The number of benzene rings is 1. The number of nitrogens with one attached hydrogen (secondary N) is 1. The molecule has 1 heterocycles. The van der Waals surface area contributed by atoms with Crippen molar-refractivity contribution in [3.8, 4) is 0 Å². The van der Waals surface area contributed by atoms with Gasteiger partial charge in [0.1, 0.15) is 5.82 Å². The van der Waals surface area contributed by atoms with Gasteiger partial charge in [0, 0.05) is 31.4 Å². The summed E-state index contributed by atoms with van der Waals surface area (Å²) in [5.41, 5.74) is 3.54. The molecule has 1 atom stereocenters. The fourth-order valence-electron chi connectivity index (χ4n) is 3.24. The van der Waals surface area contributed by atoms with E-state index in [0.717, 1.165) is 24.4 Å². The summed E-state index contributed by atoms with van der Waals surface area (Å²) >= 11 is 0. The van der Waals surface area contributed by atoms with Gasteiger partial charge < -0.3 is 9.88 Å². The van der Waals surface area contributed by atoms with E-state index in [-0.39, 0.29) is 11.8 Å². The number of carbonyl (C=O) groups is 1. The Morgan fingerprint density at radius 2 is 2.04 bits per heavy atom. The lowest BCUT2D eigenvalue weighted by Gasteiger charge is -2.11. The van der Waals surface area contributed by atoms with Crippen LogP contribution in [0.15, 0.2) is 48.3 Å². The van der Waals surface area contributed by atoms with Gasteiger partial charge in [0.15, 0.2) is 0 Å². The molecule has 0 fully saturated rings. The molecule has 1 unspecified atom stereocenters. The first-order chi connectivity index (χ1) is 11.6. The summed E-state index contributed by atoms with van der Waals surface area (Å²) in [6, 6.07) is 10.2. The molecule has 0 saturated carbocycles. The number of nitrogens with zero attached hydrogens (tertiary/aromatic N) is 2. The molecule has 0 saturated heterocycles. The van der Waals surface area contributed by atoms with Gasteiger partial charge in [-0.3, -0.25) is 4.79 Å². The van der Waals surface area contributed by atoms with Crippen LogP contribution in [-0.2, 0) is 11.3 Å². The molecule has 1 aromatic carbocycles. The van der Waals surface area contributed by atoms with Crippen molar-refractivity contribution in [2.75, 3.05) is 6.54 Å². The van der Waals surface area contributed by atoms with Crippen LogP contribution in [0.4, 0.5) is 0 Å². The molecule has 4 heteroatoms. The summed E-state index contributed by atoms with van der Waals surface area (Å²) in [7, 11) is 0. The molecule has 126 valence electrons. The van der Waals surface area contributed by atoms with Crippen molar-refractivity contribution in [1.82, 2.24) is 14.9 Å². The van der Waals surface area contributed by atoms with Gasteiger partial charge in [0.25, 0.3) is 0 Å². The van der Waals surface area contributed by atoms with Gasteiger partial charge >= 0.3 is 0 Å². The normalized spacial score (nSPS) is 16.6. The van der Waals surface area contributed by atoms with Crippen LogP contribution in [0.5, 0.6) is 0 Å². The Kier molecular flexibility index (Phi) is 4.84. The Morgan fingerprint density at radius 1 is 1.29 bits per heavy atom. The summed E-state index contributed by atoms with van der Waals surface area (Å²) in [5.74, 6) is 1.61. The number of imidazole rings is 1. The maximum atomic E-state index is 12.4. The molecule has 1 aliphatic rings. The van der Waals surface area contributed by atoms with Gasteiger partial charge in [0.05, 0.1) is 5.92 Å². The first-order valence-corrected chi connectivity index (χ1v) is 8.64. The number of carbonyl (C=O) groups excluding carboxylic acids is 1. The first-order valence-electron chi connectivity index (χ1n) is 8.64. The standard InChI is InChI=1S/C20H25N3O/c1-14(2)19-21-11-13-23(19)12-7-10-22-20(24)18-15(3)17(18)16-8-5-4-6-9-16/h4-6,8-9,11,13-14,18H,7,10,12H2,1-3H3,(H,22,24). The van der Waals surface area contributed by atoms with Crippen LogP contribution >= 0.6 is 0 Å². The SMILES string of the molecule is CC1=C(c2ccccc2)C1C(=O)NCCCn1ccnc1C(C)C. The van der Waals surface area contributed by atoms with Gasteiger partial charge in [-0.05, 0) is 24.5 Å². The highest BCUT2D eigenvalue weighted by atomic mass is 16.2. The monoisotopic (exact) mass is 323 g/mol. The fraction of sp³-hybridized carbons (Fsp3) is 0.400. The van der Waals surface area contributed by atoms with E-state index in [2.05, 4.69) is 40.8 Å². The van der Waals surface area contributed by atoms with E-state index in [9.17, 15) is 4.79 Å². The molecule has 0 aliphatic heterocycles. The summed E-state index contributed by atoms with van der Waals surface area (Å²) in [6.45, 7) is 7.92. The second-order valence-electron chi connectivity index (χ2n) is 6.67. The van der Waals surface area contributed by atoms with Gasteiger partial charge in [-0.15, -0.1) is 0 Å². The van der Waals surface area contributed by atoms with E-state index in [4.69, 9.17) is 0 Å². The smallest absolute Gasteiger partial charge is 0.231 e. The van der Waals surface area contributed by atoms with Crippen molar-refractivity contribution in [3.05, 3.63) is 59.7 Å². The minimum atomic E-state index is -0.0353. The maximum absolute atomic E-state index is 12.4. The van der Waals surface area contributed by atoms with Crippen molar-refractivity contribution in [2.45, 2.75) is 39.7 Å². The molecule has 0 radical (unpaired) electrons. The topological polar surface area (TPSA) is 46.9 Å². The molecule has 1 aliphatic carbocycles. The van der Waals surface area contributed by atoms with E-state index < -0.39 is 0 Å². The van der Waals surface area contributed by atoms with E-state index in [1.165, 1.54) is 11.1 Å². The highest BCUT2D eigenvalue weighted by Crippen LogP contribution is 2.46. The Labute approximate surface area is 143 Å². The van der Waals surface area contributed by atoms with Gasteiger partial charge in [0.2, 0.25) is 5.91 Å². The second-order valence-corrected chi connectivity index (χ2v) is 6.67. The van der Waals surface area contributed by atoms with Gasteiger partial charge in [-0.2, -0.15) is 0 Å². The number of hydrogen-bond donors (Lipinski definition) is 1. The lowest BCUT2D eigenvalue weighted by molar-refractivity contribution is -0.121. The van der Waals surface area contributed by atoms with E-state index >= 15 is 0 Å². The zero-order valence-corrected chi connectivity index (χ0v) is 14.6. The molecule has 1 amide bonds. The van der Waals surface area contributed by atoms with Crippen molar-refractivity contribution in [3.63, 3.8) is 0 Å². The predicted molar refractivity (Wildman–Crippen MR) is 96.5 cm³/mol. The van der Waals surface area contributed by atoms with Crippen molar-refractivity contribution in [2.24, 2.45) is 5.92 Å². The highest BCUT2D eigenvalue weighted by molar-refractivity contribution is 6.05. The number of rotatable bonds is 7. The molecule has 1 aromatic heterocycles. The summed E-state index contributed by atoms with van der Waals surface area (Å²) < 4.78 is 2.17. The molecular weight excluding hydrogens is 298 g/mol. The van der Waals surface area contributed by atoms with Crippen molar-refractivity contribution >= 4 is 11.5 Å². The average molecular weight is 323 g/mol. The lowest BCUT2D eigenvalue weighted by Crippen LogP contribution is -2.28. The highest BCUT2D eigenvalue weighted by Gasteiger charge is 2.39. The van der Waals surface area contributed by atoms with Gasteiger partial charge in [-0.25, -0.2) is 4.98 Å². The average Bonchev–Trinajstić information content (AvgIpc) is 3.03. The molecule has 4 nitrogen and oxygen atoms in total. The fourth-order valence-corrected chi connectivity index (χ4v) is 3.24. The van der Waals surface area contributed by atoms with Crippen LogP contribution in [0.2, 0.25) is 0 Å². The van der Waals surface area contributed by atoms with Crippen molar-refractivity contribution in [1.29, 1.82) is 0 Å². The third-order valence-electron chi connectivity index (χ3n) is 4.55. The molecule has 3 rings (SSSR count). The third kappa shape index (κ3) is 3.42. The molecular formula is C20H25N3O. The molecule has 2 aromatic rings. The first kappa shape index (κ1) is 16.5. The Balaban J connectivity index is 1.45. The van der Waals surface area contributed by atoms with Crippen LogP contribution in [0.3, 0.4) is 0 Å². The van der Waals surface area contributed by atoms with E-state index in [1.807, 2.05) is 37.5 Å². The van der Waals surface area contributed by atoms with E-state index in [0.29, 0.717) is 12.5 Å². The van der Waals surface area contributed by atoms with Crippen LogP contribution in [-0.4, -0.2) is 22.0 Å². The molecule has 24 heavy (non-hydrogen) atoms. The molecule has 0 bridgehead atoms. The molecule has 0 spiro atoms. The predicted octanol–water partition coefficient (Wildman–Crippen LogP) is 3.62. The number of hydrogen-bond acceptors (Lipinski definition) is 2. The second kappa shape index (κ2) is 7.04. The zero-order valence-electron chi connectivity index (χ0n) is 14.6. The largest absolute Gasteiger partial charge is 0.355 e. The maximum Gasteiger partial charge on any atom is 0.231 e. The Hall–Kier alpha value is -2.36. The summed E-state index contributed by atoms with van der Waals surface area (Å²) in [6.07, 6.45) is 4.77. The number of aryl methyl sites for hydroxylation is 1. The summed E-state index contributed by atoms with van der Waals surface area (Å²) in [4.78, 5) is 16.8. The summed E-state index contributed by atoms with van der Waals surface area (Å²) in [5, 5.41) is 3.07. The van der Waals surface area contributed by atoms with Gasteiger partial charge in [-0.1, -0.05) is 49.8 Å². The van der Waals surface area contributed by atoms with Crippen LogP contribution in [0, 0.1) is 5.92 Å². The molecule has 1 N–H and O–H groups in total. The third-order valence-corrected chi connectivity index (χ3v) is 4.55. The zero-order chi connectivity index (χ0) is 17.1. The Morgan fingerprint density at radius 3 is 2.75 bits per heavy atom. The lowest BCUT2D eigenvalue weighted by atomic mass is 10.1. The van der Waals surface area contributed by atoms with Crippen LogP contribution < -0.4 is 5.32 Å². The number of amides is 1. The van der Waals surface area contributed by atoms with Crippen molar-refractivity contribution < 1.29 is 4.79 Å². The Bertz CT molecular complexity index is 743. The number of aromatic nitrogens is 2. The van der Waals surface area contributed by atoms with Crippen LogP contribution in [0.1, 0.15) is 44.5 Å².